The summed E-state index contributed by atoms with van der Waals surface area (Å²) in [7, 11) is 1.14. The highest BCUT2D eigenvalue weighted by Gasteiger charge is 2.27. The second-order valence-corrected chi connectivity index (χ2v) is 3.45. The van der Waals surface area contributed by atoms with Gasteiger partial charge in [0, 0.05) is 4.90 Å². The molecule has 1 rings (SSSR count). The van der Waals surface area contributed by atoms with E-state index in [1.54, 1.807) is 24.3 Å². The Morgan fingerprint density at radius 3 is 2.53 bits per heavy atom. The molecule has 0 aliphatic heterocycles. The summed E-state index contributed by atoms with van der Waals surface area (Å²) >= 11 is 4.11. The number of thiol groups is 1. The van der Waals surface area contributed by atoms with E-state index in [1.165, 1.54) is 0 Å². The van der Waals surface area contributed by atoms with Crippen molar-refractivity contribution < 1.29 is 19.7 Å². The average molecular weight is 228 g/mol. The van der Waals surface area contributed by atoms with E-state index in [0.717, 1.165) is 7.11 Å². The molecule has 0 aliphatic rings. The number of ether oxygens (including phenoxy) is 1. The Bertz CT molecular complexity index is 353. The van der Waals surface area contributed by atoms with E-state index < -0.39 is 18.2 Å². The van der Waals surface area contributed by atoms with Crippen molar-refractivity contribution in [2.24, 2.45) is 0 Å². The van der Waals surface area contributed by atoms with Crippen molar-refractivity contribution in [3.63, 3.8) is 0 Å². The summed E-state index contributed by atoms with van der Waals surface area (Å²) in [5.74, 6) is -0.876. The van der Waals surface area contributed by atoms with Crippen LogP contribution in [0.15, 0.2) is 29.2 Å². The van der Waals surface area contributed by atoms with E-state index >= 15 is 0 Å². The molecule has 0 saturated carbocycles. The monoisotopic (exact) mass is 228 g/mol. The molecule has 0 aliphatic carbocycles. The molecule has 0 spiro atoms. The smallest absolute Gasteiger partial charge is 0.337 e. The van der Waals surface area contributed by atoms with Crippen LogP contribution in [0.5, 0.6) is 0 Å². The first-order valence-electron chi connectivity index (χ1n) is 4.29. The van der Waals surface area contributed by atoms with Gasteiger partial charge in [0.2, 0.25) is 0 Å². The van der Waals surface area contributed by atoms with Gasteiger partial charge in [0.05, 0.1) is 7.11 Å². The maximum atomic E-state index is 11.0. The molecular formula is C10H12O4S. The number of aliphatic hydroxyl groups excluding tert-OH is 2. The van der Waals surface area contributed by atoms with Gasteiger partial charge in [-0.15, -0.1) is 12.6 Å². The number of esters is 1. The highest BCUT2D eigenvalue weighted by atomic mass is 32.1. The Balaban J connectivity index is 2.89. The fraction of sp³-hybridized carbons (Fsp3) is 0.300. The molecule has 0 amide bonds. The van der Waals surface area contributed by atoms with Crippen molar-refractivity contribution in [1.29, 1.82) is 0 Å². The van der Waals surface area contributed by atoms with Crippen LogP contribution < -0.4 is 0 Å². The molecule has 2 unspecified atom stereocenters. The fourth-order valence-electron chi connectivity index (χ4n) is 1.16. The molecule has 2 N–H and O–H groups in total. The lowest BCUT2D eigenvalue weighted by atomic mass is 10.0. The van der Waals surface area contributed by atoms with E-state index in [9.17, 15) is 15.0 Å². The van der Waals surface area contributed by atoms with Crippen LogP contribution in [0.4, 0.5) is 0 Å². The molecular weight excluding hydrogens is 216 g/mol. The molecule has 0 radical (unpaired) electrons. The molecule has 1 aromatic carbocycles. The van der Waals surface area contributed by atoms with Gasteiger partial charge in [-0.25, -0.2) is 4.79 Å². The predicted molar refractivity (Wildman–Crippen MR) is 56.7 cm³/mol. The summed E-state index contributed by atoms with van der Waals surface area (Å²) in [4.78, 5) is 11.5. The molecule has 0 aromatic heterocycles. The van der Waals surface area contributed by atoms with Gasteiger partial charge in [0.1, 0.15) is 6.10 Å². The van der Waals surface area contributed by atoms with Crippen LogP contribution >= 0.6 is 12.6 Å². The van der Waals surface area contributed by atoms with Crippen LogP contribution in [0.2, 0.25) is 0 Å². The number of benzene rings is 1. The molecule has 82 valence electrons. The van der Waals surface area contributed by atoms with Gasteiger partial charge in [-0.2, -0.15) is 0 Å². The van der Waals surface area contributed by atoms with Crippen LogP contribution in [-0.4, -0.2) is 29.4 Å². The first-order valence-corrected chi connectivity index (χ1v) is 4.74. The van der Waals surface area contributed by atoms with Crippen LogP contribution in [0.3, 0.4) is 0 Å². The van der Waals surface area contributed by atoms with Crippen LogP contribution in [0, 0.1) is 0 Å². The molecule has 1 aromatic rings. The van der Waals surface area contributed by atoms with Crippen LogP contribution in [0.25, 0.3) is 0 Å². The average Bonchev–Trinajstić information content (AvgIpc) is 2.26. The van der Waals surface area contributed by atoms with Gasteiger partial charge in [-0.1, -0.05) is 18.2 Å². The third kappa shape index (κ3) is 2.71. The molecule has 0 heterocycles. The van der Waals surface area contributed by atoms with Crippen molar-refractivity contribution in [2.45, 2.75) is 17.1 Å². The van der Waals surface area contributed by atoms with Crippen molar-refractivity contribution in [1.82, 2.24) is 0 Å². The molecule has 0 saturated heterocycles. The van der Waals surface area contributed by atoms with Gasteiger partial charge in [0.25, 0.3) is 0 Å². The third-order valence-electron chi connectivity index (χ3n) is 2.00. The number of carbonyl (C=O) groups excluding carboxylic acids is 1. The molecule has 5 heteroatoms. The van der Waals surface area contributed by atoms with E-state index in [0.29, 0.717) is 10.5 Å². The van der Waals surface area contributed by atoms with Crippen LogP contribution in [0.1, 0.15) is 11.7 Å². The highest BCUT2D eigenvalue weighted by Crippen LogP contribution is 2.23. The minimum absolute atomic E-state index is 0.388. The zero-order valence-corrected chi connectivity index (χ0v) is 9.02. The van der Waals surface area contributed by atoms with Gasteiger partial charge < -0.3 is 14.9 Å². The Kier molecular flexibility index (Phi) is 4.14. The minimum Gasteiger partial charge on any atom is -0.467 e. The summed E-state index contributed by atoms with van der Waals surface area (Å²) in [6.07, 6.45) is -2.92. The minimum atomic E-state index is -1.59. The number of aliphatic hydroxyl groups is 2. The van der Waals surface area contributed by atoms with E-state index in [2.05, 4.69) is 17.4 Å². The lowest BCUT2D eigenvalue weighted by molar-refractivity contribution is -0.156. The SMILES string of the molecule is COC(=O)C(O)C(O)c1ccccc1S. The number of carbonyl (C=O) groups is 1. The van der Waals surface area contributed by atoms with Gasteiger partial charge in [-0.3, -0.25) is 0 Å². The Hall–Kier alpha value is -1.04. The lowest BCUT2D eigenvalue weighted by Gasteiger charge is -2.17. The second kappa shape index (κ2) is 5.16. The Labute approximate surface area is 92.9 Å². The van der Waals surface area contributed by atoms with Crippen molar-refractivity contribution in [3.8, 4) is 0 Å². The fourth-order valence-corrected chi connectivity index (χ4v) is 1.45. The van der Waals surface area contributed by atoms with Crippen molar-refractivity contribution >= 4 is 18.6 Å². The van der Waals surface area contributed by atoms with E-state index in [1.807, 2.05) is 0 Å². The molecule has 4 nitrogen and oxygen atoms in total. The molecule has 2 atom stereocenters. The van der Waals surface area contributed by atoms with Crippen LogP contribution in [-0.2, 0) is 9.53 Å². The quantitative estimate of drug-likeness (QED) is 0.522. The highest BCUT2D eigenvalue weighted by molar-refractivity contribution is 7.80. The number of rotatable bonds is 3. The zero-order chi connectivity index (χ0) is 11.4. The van der Waals surface area contributed by atoms with E-state index in [-0.39, 0.29) is 0 Å². The lowest BCUT2D eigenvalue weighted by Crippen LogP contribution is -2.29. The van der Waals surface area contributed by atoms with Gasteiger partial charge >= 0.3 is 5.97 Å². The predicted octanol–water partition coefficient (Wildman–Crippen LogP) is 0.543. The topological polar surface area (TPSA) is 66.8 Å². The van der Waals surface area contributed by atoms with Gasteiger partial charge in [0.15, 0.2) is 6.10 Å². The molecule has 0 bridgehead atoms. The first kappa shape index (κ1) is 12.0. The number of methoxy groups -OCH3 is 1. The summed E-state index contributed by atoms with van der Waals surface area (Å²) in [6, 6.07) is 6.66. The van der Waals surface area contributed by atoms with E-state index in [4.69, 9.17) is 0 Å². The third-order valence-corrected chi connectivity index (χ3v) is 2.40. The van der Waals surface area contributed by atoms with Crippen molar-refractivity contribution in [2.75, 3.05) is 7.11 Å². The van der Waals surface area contributed by atoms with Gasteiger partial charge in [-0.05, 0) is 11.6 Å². The summed E-state index contributed by atoms with van der Waals surface area (Å²) in [5, 5.41) is 19.1. The number of hydrogen-bond acceptors (Lipinski definition) is 5. The molecule has 0 fully saturated rings. The maximum Gasteiger partial charge on any atom is 0.337 e. The summed E-state index contributed by atoms with van der Waals surface area (Å²) in [5.41, 5.74) is 0.388. The largest absolute Gasteiger partial charge is 0.467 e. The Morgan fingerprint density at radius 2 is 2.00 bits per heavy atom. The first-order chi connectivity index (χ1) is 7.07. The maximum absolute atomic E-state index is 11.0. The number of hydrogen-bond donors (Lipinski definition) is 3. The Morgan fingerprint density at radius 1 is 1.40 bits per heavy atom. The van der Waals surface area contributed by atoms with Crippen molar-refractivity contribution in [3.05, 3.63) is 29.8 Å². The molecule has 15 heavy (non-hydrogen) atoms. The summed E-state index contributed by atoms with van der Waals surface area (Å²) in [6.45, 7) is 0. The standard InChI is InChI=1S/C10H12O4S/c1-14-10(13)9(12)8(11)6-4-2-3-5-7(6)15/h2-5,8-9,11-12,15H,1H3. The normalized spacial score (nSPS) is 14.4. The second-order valence-electron chi connectivity index (χ2n) is 2.97. The zero-order valence-electron chi connectivity index (χ0n) is 8.12. The summed E-state index contributed by atoms with van der Waals surface area (Å²) < 4.78 is 4.32.